The van der Waals surface area contributed by atoms with Crippen molar-refractivity contribution < 1.29 is 4.79 Å². The molecule has 0 atom stereocenters. The molecule has 1 nitrogen and oxygen atoms in total. The molecule has 0 aliphatic rings. The molecule has 0 aliphatic heterocycles. The topological polar surface area (TPSA) is 17.1 Å². The van der Waals surface area contributed by atoms with Crippen LogP contribution in [0.5, 0.6) is 0 Å². The van der Waals surface area contributed by atoms with E-state index in [0.29, 0.717) is 0 Å². The lowest BCUT2D eigenvalue weighted by Crippen LogP contribution is -1.87. The summed E-state index contributed by atoms with van der Waals surface area (Å²) in [6, 6.07) is 19.5. The van der Waals surface area contributed by atoms with E-state index in [-0.39, 0.29) is 5.78 Å². The Bertz CT molecular complexity index is 640. The number of rotatable bonds is 2. The summed E-state index contributed by atoms with van der Waals surface area (Å²) in [6.45, 7) is 1.53. The molecule has 0 saturated carbocycles. The van der Waals surface area contributed by atoms with Crippen molar-refractivity contribution in [3.05, 3.63) is 77.9 Å². The molecule has 0 bridgehead atoms. The van der Waals surface area contributed by atoms with Crippen LogP contribution in [0.15, 0.2) is 66.7 Å². The largest absolute Gasteiger partial charge is 0.295 e. The summed E-state index contributed by atoms with van der Waals surface area (Å²) in [5, 5.41) is 0. The van der Waals surface area contributed by atoms with E-state index in [2.05, 4.69) is 11.8 Å². The normalized spacial score (nSPS) is 10.5. The summed E-state index contributed by atoms with van der Waals surface area (Å²) < 4.78 is 0. The lowest BCUT2D eigenvalue weighted by Gasteiger charge is -1.98. The molecule has 0 radical (unpaired) electrons. The Morgan fingerprint density at radius 3 is 2.11 bits per heavy atom. The maximum absolute atomic E-state index is 11.3. The molecule has 0 aromatic heterocycles. The molecule has 0 heterocycles. The number of hydrogen-bond acceptors (Lipinski definition) is 1. The molecule has 0 aliphatic carbocycles. The SMILES string of the molecule is CC(=O)/C=C(/C#Cc1ccccc1)c1ccccc1. The minimum absolute atomic E-state index is 0.00112. The summed E-state index contributed by atoms with van der Waals surface area (Å²) >= 11 is 0. The molecule has 2 aromatic carbocycles. The fourth-order valence-electron chi connectivity index (χ4n) is 1.67. The van der Waals surface area contributed by atoms with Crippen LogP contribution in [0, 0.1) is 11.8 Å². The standard InChI is InChI=1S/C18H14O/c1-15(19)14-18(17-10-6-3-7-11-17)13-12-16-8-4-2-5-9-16/h2-11,14H,1H3/b18-14-. The van der Waals surface area contributed by atoms with Crippen LogP contribution in [0.1, 0.15) is 18.1 Å². The third kappa shape index (κ3) is 3.97. The second kappa shape index (κ2) is 6.37. The van der Waals surface area contributed by atoms with Gasteiger partial charge in [0.25, 0.3) is 0 Å². The quantitative estimate of drug-likeness (QED) is 0.583. The molecule has 0 spiro atoms. The third-order valence-electron chi connectivity index (χ3n) is 2.55. The zero-order valence-corrected chi connectivity index (χ0v) is 10.8. The molecule has 19 heavy (non-hydrogen) atoms. The maximum Gasteiger partial charge on any atom is 0.153 e. The van der Waals surface area contributed by atoms with Crippen molar-refractivity contribution in [3.8, 4) is 11.8 Å². The van der Waals surface area contributed by atoms with E-state index < -0.39 is 0 Å². The smallest absolute Gasteiger partial charge is 0.153 e. The van der Waals surface area contributed by atoms with Gasteiger partial charge < -0.3 is 0 Å². The lowest BCUT2D eigenvalue weighted by atomic mass is 10.0. The number of allylic oxidation sites excluding steroid dienone is 2. The van der Waals surface area contributed by atoms with Gasteiger partial charge in [0, 0.05) is 11.1 Å². The first-order valence-corrected chi connectivity index (χ1v) is 6.10. The highest BCUT2D eigenvalue weighted by atomic mass is 16.1. The number of carbonyl (C=O) groups excluding carboxylic acids is 1. The van der Waals surface area contributed by atoms with Gasteiger partial charge in [0.15, 0.2) is 5.78 Å². The average Bonchev–Trinajstić information content (AvgIpc) is 2.45. The van der Waals surface area contributed by atoms with Crippen molar-refractivity contribution in [2.45, 2.75) is 6.92 Å². The zero-order valence-electron chi connectivity index (χ0n) is 10.8. The van der Waals surface area contributed by atoms with Crippen molar-refractivity contribution in [2.75, 3.05) is 0 Å². The van der Waals surface area contributed by atoms with Gasteiger partial charge in [0.1, 0.15) is 0 Å². The van der Waals surface area contributed by atoms with Crippen molar-refractivity contribution >= 4 is 11.4 Å². The van der Waals surface area contributed by atoms with Crippen LogP contribution in [0.25, 0.3) is 5.57 Å². The Morgan fingerprint density at radius 2 is 1.53 bits per heavy atom. The molecular weight excluding hydrogens is 232 g/mol. The van der Waals surface area contributed by atoms with Gasteiger partial charge in [-0.1, -0.05) is 60.4 Å². The molecule has 0 saturated heterocycles. The van der Waals surface area contributed by atoms with Crippen LogP contribution in [-0.2, 0) is 4.79 Å². The first kappa shape index (κ1) is 12.9. The van der Waals surface area contributed by atoms with E-state index >= 15 is 0 Å². The van der Waals surface area contributed by atoms with E-state index in [9.17, 15) is 4.79 Å². The summed E-state index contributed by atoms with van der Waals surface area (Å²) in [6.07, 6.45) is 1.57. The van der Waals surface area contributed by atoms with E-state index in [0.717, 1.165) is 16.7 Å². The van der Waals surface area contributed by atoms with Gasteiger partial charge in [-0.25, -0.2) is 0 Å². The molecule has 0 unspecified atom stereocenters. The highest BCUT2D eigenvalue weighted by molar-refractivity contribution is 5.99. The second-order valence-corrected chi connectivity index (χ2v) is 4.15. The van der Waals surface area contributed by atoms with Crippen LogP contribution in [0.4, 0.5) is 0 Å². The fraction of sp³-hybridized carbons (Fsp3) is 0.0556. The van der Waals surface area contributed by atoms with Gasteiger partial charge in [-0.3, -0.25) is 4.79 Å². The van der Waals surface area contributed by atoms with Crippen LogP contribution >= 0.6 is 0 Å². The van der Waals surface area contributed by atoms with Gasteiger partial charge in [0.05, 0.1) is 0 Å². The number of hydrogen-bond donors (Lipinski definition) is 0. The van der Waals surface area contributed by atoms with Crippen LogP contribution < -0.4 is 0 Å². The molecule has 0 fully saturated rings. The molecule has 2 rings (SSSR count). The first-order chi connectivity index (χ1) is 9.25. The number of ketones is 1. The highest BCUT2D eigenvalue weighted by Crippen LogP contribution is 2.13. The summed E-state index contributed by atoms with van der Waals surface area (Å²) in [7, 11) is 0. The Morgan fingerprint density at radius 1 is 0.947 bits per heavy atom. The molecule has 0 amide bonds. The Kier molecular flexibility index (Phi) is 4.31. The van der Waals surface area contributed by atoms with Gasteiger partial charge in [-0.15, -0.1) is 0 Å². The molecule has 2 aromatic rings. The van der Waals surface area contributed by atoms with Crippen molar-refractivity contribution in [1.82, 2.24) is 0 Å². The maximum atomic E-state index is 11.3. The van der Waals surface area contributed by atoms with Crippen LogP contribution in [-0.4, -0.2) is 5.78 Å². The fourth-order valence-corrected chi connectivity index (χ4v) is 1.67. The van der Waals surface area contributed by atoms with Gasteiger partial charge >= 0.3 is 0 Å². The average molecular weight is 246 g/mol. The Balaban J connectivity index is 2.37. The van der Waals surface area contributed by atoms with E-state index in [1.54, 1.807) is 6.08 Å². The Labute approximate surface area is 113 Å². The van der Waals surface area contributed by atoms with E-state index in [4.69, 9.17) is 0 Å². The lowest BCUT2D eigenvalue weighted by molar-refractivity contribution is -0.112. The van der Waals surface area contributed by atoms with Crippen molar-refractivity contribution in [1.29, 1.82) is 0 Å². The molecule has 0 N–H and O–H groups in total. The molecule has 92 valence electrons. The summed E-state index contributed by atoms with van der Waals surface area (Å²) in [4.78, 5) is 11.3. The predicted octanol–water partition coefficient (Wildman–Crippen LogP) is 3.71. The molecular formula is C18H14O. The second-order valence-electron chi connectivity index (χ2n) is 4.15. The van der Waals surface area contributed by atoms with Crippen molar-refractivity contribution in [2.24, 2.45) is 0 Å². The predicted molar refractivity (Wildman–Crippen MR) is 78.4 cm³/mol. The van der Waals surface area contributed by atoms with Gasteiger partial charge in [-0.2, -0.15) is 0 Å². The summed E-state index contributed by atoms with van der Waals surface area (Å²) in [5.74, 6) is 6.15. The van der Waals surface area contributed by atoms with E-state index in [1.165, 1.54) is 6.92 Å². The van der Waals surface area contributed by atoms with Gasteiger partial charge in [0.2, 0.25) is 0 Å². The highest BCUT2D eigenvalue weighted by Gasteiger charge is 1.98. The Hall–Kier alpha value is -2.59. The van der Waals surface area contributed by atoms with Crippen LogP contribution in [0.2, 0.25) is 0 Å². The van der Waals surface area contributed by atoms with E-state index in [1.807, 2.05) is 60.7 Å². The van der Waals surface area contributed by atoms with Gasteiger partial charge in [-0.05, 0) is 30.7 Å². The molecule has 1 heteroatoms. The van der Waals surface area contributed by atoms with Crippen molar-refractivity contribution in [3.63, 3.8) is 0 Å². The third-order valence-corrected chi connectivity index (χ3v) is 2.55. The number of carbonyl (C=O) groups is 1. The number of benzene rings is 2. The minimum atomic E-state index is 0.00112. The summed E-state index contributed by atoms with van der Waals surface area (Å²) in [5.41, 5.74) is 2.64. The minimum Gasteiger partial charge on any atom is -0.295 e. The van der Waals surface area contributed by atoms with Crippen LogP contribution in [0.3, 0.4) is 0 Å². The first-order valence-electron chi connectivity index (χ1n) is 6.10. The monoisotopic (exact) mass is 246 g/mol. The zero-order chi connectivity index (χ0) is 13.5.